The second kappa shape index (κ2) is 6.44. The van der Waals surface area contributed by atoms with Gasteiger partial charge in [-0.1, -0.05) is 42.6 Å². The predicted molar refractivity (Wildman–Crippen MR) is 75.2 cm³/mol. The molecule has 0 aliphatic heterocycles. The summed E-state index contributed by atoms with van der Waals surface area (Å²) in [5.74, 6) is 0.000602. The summed E-state index contributed by atoms with van der Waals surface area (Å²) in [5.41, 5.74) is 0.860. The van der Waals surface area contributed by atoms with Crippen LogP contribution in [-0.4, -0.2) is 17.3 Å². The Bertz CT molecular complexity index is 422. The average Bonchev–Trinajstić information content (AvgIpc) is 2.35. The van der Waals surface area contributed by atoms with Crippen LogP contribution in [0, 0.1) is 0 Å². The number of hydrogen-bond donors (Lipinski definition) is 1. The zero-order chi connectivity index (χ0) is 13.0. The van der Waals surface area contributed by atoms with E-state index in [1.54, 1.807) is 6.07 Å². The molecule has 4 heteroatoms. The molecule has 2 atom stereocenters. The molecule has 0 radical (unpaired) electrons. The van der Waals surface area contributed by atoms with E-state index in [9.17, 15) is 4.79 Å². The van der Waals surface area contributed by atoms with Crippen molar-refractivity contribution in [2.45, 2.75) is 43.5 Å². The van der Waals surface area contributed by atoms with E-state index in [-0.39, 0.29) is 17.3 Å². The van der Waals surface area contributed by atoms with Gasteiger partial charge in [0, 0.05) is 11.1 Å². The molecular weight excluding hydrogens is 269 g/mol. The lowest BCUT2D eigenvalue weighted by molar-refractivity contribution is -0.121. The zero-order valence-electron chi connectivity index (χ0n) is 10.2. The van der Waals surface area contributed by atoms with Crippen LogP contribution in [-0.2, 0) is 11.2 Å². The molecule has 0 bridgehead atoms. The highest BCUT2D eigenvalue weighted by molar-refractivity contribution is 6.31. The monoisotopic (exact) mass is 285 g/mol. The van der Waals surface area contributed by atoms with Crippen LogP contribution in [0.3, 0.4) is 0 Å². The lowest BCUT2D eigenvalue weighted by atomic mass is 9.94. The lowest BCUT2D eigenvalue weighted by Gasteiger charge is -2.27. The van der Waals surface area contributed by atoms with Crippen LogP contribution in [0.5, 0.6) is 0 Å². The Labute approximate surface area is 118 Å². The minimum atomic E-state index is 0.000602. The minimum Gasteiger partial charge on any atom is -0.352 e. The fourth-order valence-electron chi connectivity index (χ4n) is 2.32. The van der Waals surface area contributed by atoms with Crippen molar-refractivity contribution >= 4 is 29.1 Å². The third-order valence-electron chi connectivity index (χ3n) is 3.34. The van der Waals surface area contributed by atoms with Crippen molar-refractivity contribution in [1.29, 1.82) is 0 Å². The van der Waals surface area contributed by atoms with E-state index >= 15 is 0 Å². The Balaban J connectivity index is 1.90. The molecule has 1 fully saturated rings. The molecule has 0 aromatic heterocycles. The molecule has 2 nitrogen and oxygen atoms in total. The summed E-state index contributed by atoms with van der Waals surface area (Å²) in [5, 5.41) is 3.72. The van der Waals surface area contributed by atoms with E-state index < -0.39 is 0 Å². The molecule has 2 unspecified atom stereocenters. The first kappa shape index (κ1) is 13.7. The number of nitrogens with one attached hydrogen (secondary N) is 1. The van der Waals surface area contributed by atoms with Crippen LogP contribution in [0.1, 0.15) is 31.2 Å². The van der Waals surface area contributed by atoms with Crippen LogP contribution in [0.15, 0.2) is 24.3 Å². The number of rotatable bonds is 3. The van der Waals surface area contributed by atoms with Crippen LogP contribution < -0.4 is 5.32 Å². The highest BCUT2D eigenvalue weighted by atomic mass is 35.5. The highest BCUT2D eigenvalue weighted by Crippen LogP contribution is 2.23. The first-order valence-electron chi connectivity index (χ1n) is 6.33. The van der Waals surface area contributed by atoms with Gasteiger partial charge < -0.3 is 5.32 Å². The fourth-order valence-corrected chi connectivity index (χ4v) is 2.87. The maximum Gasteiger partial charge on any atom is 0.224 e. The van der Waals surface area contributed by atoms with Gasteiger partial charge in [-0.25, -0.2) is 0 Å². The minimum absolute atomic E-state index is 0.000602. The van der Waals surface area contributed by atoms with Gasteiger partial charge in [-0.3, -0.25) is 4.79 Å². The number of hydrogen-bond acceptors (Lipinski definition) is 1. The molecule has 1 amide bonds. The van der Waals surface area contributed by atoms with Crippen molar-refractivity contribution in [2.75, 3.05) is 0 Å². The molecule has 98 valence electrons. The fraction of sp³-hybridized carbons (Fsp3) is 0.500. The second-order valence-electron chi connectivity index (χ2n) is 4.74. The molecule has 1 aliphatic rings. The molecule has 18 heavy (non-hydrogen) atoms. The normalized spacial score (nSPS) is 23.7. The van der Waals surface area contributed by atoms with Crippen molar-refractivity contribution in [3.8, 4) is 0 Å². The smallest absolute Gasteiger partial charge is 0.224 e. The molecule has 0 heterocycles. The summed E-state index contributed by atoms with van der Waals surface area (Å²) < 4.78 is 0. The van der Waals surface area contributed by atoms with Crippen molar-refractivity contribution < 1.29 is 4.79 Å². The van der Waals surface area contributed by atoms with Gasteiger partial charge in [0.1, 0.15) is 0 Å². The Morgan fingerprint density at radius 1 is 1.28 bits per heavy atom. The van der Waals surface area contributed by atoms with Gasteiger partial charge in [-0.05, 0) is 24.5 Å². The number of halogens is 2. The van der Waals surface area contributed by atoms with Crippen molar-refractivity contribution in [1.82, 2.24) is 5.32 Å². The van der Waals surface area contributed by atoms with Crippen molar-refractivity contribution in [3.63, 3.8) is 0 Å². The Morgan fingerprint density at radius 3 is 2.72 bits per heavy atom. The van der Waals surface area contributed by atoms with E-state index in [2.05, 4.69) is 5.32 Å². The third kappa shape index (κ3) is 3.63. The number of alkyl halides is 1. The molecule has 1 aromatic carbocycles. The first-order valence-corrected chi connectivity index (χ1v) is 7.15. The highest BCUT2D eigenvalue weighted by Gasteiger charge is 2.24. The summed E-state index contributed by atoms with van der Waals surface area (Å²) in [6, 6.07) is 7.53. The van der Waals surface area contributed by atoms with E-state index in [0.717, 1.165) is 31.2 Å². The van der Waals surface area contributed by atoms with E-state index in [0.29, 0.717) is 11.4 Å². The first-order chi connectivity index (χ1) is 8.66. The van der Waals surface area contributed by atoms with E-state index in [1.807, 2.05) is 18.2 Å². The summed E-state index contributed by atoms with van der Waals surface area (Å²) in [6.07, 6.45) is 4.58. The largest absolute Gasteiger partial charge is 0.352 e. The topological polar surface area (TPSA) is 29.1 Å². The maximum atomic E-state index is 12.0. The number of carbonyl (C=O) groups is 1. The molecule has 0 saturated heterocycles. The molecule has 1 N–H and O–H groups in total. The molecule has 1 aromatic rings. The number of benzene rings is 1. The molecular formula is C14H17Cl2NO. The SMILES string of the molecule is O=C(Cc1ccccc1Cl)NC1CCCCC1Cl. The Morgan fingerprint density at radius 2 is 2.00 bits per heavy atom. The van der Waals surface area contributed by atoms with Gasteiger partial charge >= 0.3 is 0 Å². The zero-order valence-corrected chi connectivity index (χ0v) is 11.7. The predicted octanol–water partition coefficient (Wildman–Crippen LogP) is 3.55. The Hall–Kier alpha value is -0.730. The standard InChI is InChI=1S/C14H17Cl2NO/c15-11-6-2-1-5-10(11)9-14(18)17-13-8-4-3-7-12(13)16/h1-2,5-6,12-13H,3-4,7-9H2,(H,17,18). The van der Waals surface area contributed by atoms with Crippen molar-refractivity contribution in [3.05, 3.63) is 34.9 Å². The van der Waals surface area contributed by atoms with E-state index in [1.165, 1.54) is 0 Å². The van der Waals surface area contributed by atoms with Gasteiger partial charge in [-0.15, -0.1) is 11.6 Å². The summed E-state index contributed by atoms with van der Waals surface area (Å²) in [6.45, 7) is 0. The molecule has 0 spiro atoms. The molecule has 1 saturated carbocycles. The quantitative estimate of drug-likeness (QED) is 0.846. The van der Waals surface area contributed by atoms with Gasteiger partial charge in [0.2, 0.25) is 5.91 Å². The summed E-state index contributed by atoms with van der Waals surface area (Å²) in [7, 11) is 0. The maximum absolute atomic E-state index is 12.0. The van der Waals surface area contributed by atoms with Crippen LogP contribution in [0.2, 0.25) is 5.02 Å². The average molecular weight is 286 g/mol. The summed E-state index contributed by atoms with van der Waals surface area (Å²) in [4.78, 5) is 12.0. The summed E-state index contributed by atoms with van der Waals surface area (Å²) >= 11 is 12.3. The number of carbonyl (C=O) groups excluding carboxylic acids is 1. The van der Waals surface area contributed by atoms with Crippen LogP contribution in [0.25, 0.3) is 0 Å². The van der Waals surface area contributed by atoms with Crippen LogP contribution >= 0.6 is 23.2 Å². The third-order valence-corrected chi connectivity index (χ3v) is 4.23. The van der Waals surface area contributed by atoms with Gasteiger partial charge in [0.15, 0.2) is 0 Å². The second-order valence-corrected chi connectivity index (χ2v) is 5.71. The molecule has 2 rings (SSSR count). The van der Waals surface area contributed by atoms with Gasteiger partial charge in [0.25, 0.3) is 0 Å². The van der Waals surface area contributed by atoms with Gasteiger partial charge in [0.05, 0.1) is 11.8 Å². The number of amides is 1. The van der Waals surface area contributed by atoms with Gasteiger partial charge in [-0.2, -0.15) is 0 Å². The van der Waals surface area contributed by atoms with Crippen molar-refractivity contribution in [2.24, 2.45) is 0 Å². The van der Waals surface area contributed by atoms with E-state index in [4.69, 9.17) is 23.2 Å². The molecule has 1 aliphatic carbocycles. The van der Waals surface area contributed by atoms with Crippen LogP contribution in [0.4, 0.5) is 0 Å². The lowest BCUT2D eigenvalue weighted by Crippen LogP contribution is -2.43. The Kier molecular flexibility index (Phi) is 4.90.